The number of benzene rings is 2. The zero-order chi connectivity index (χ0) is 18.5. The minimum atomic E-state index is -0.781. The second kappa shape index (κ2) is 7.95. The van der Waals surface area contributed by atoms with Crippen molar-refractivity contribution < 1.29 is 23.9 Å². The maximum atomic E-state index is 11.5. The van der Waals surface area contributed by atoms with Crippen LogP contribution in [0.25, 0.3) is 0 Å². The van der Waals surface area contributed by atoms with Crippen molar-refractivity contribution in [2.45, 2.75) is 25.3 Å². The highest BCUT2D eigenvalue weighted by molar-refractivity contribution is 5.45. The largest absolute Gasteiger partial charge is 0.497 e. The van der Waals surface area contributed by atoms with Crippen LogP contribution in [0.1, 0.15) is 30.0 Å². The van der Waals surface area contributed by atoms with Crippen molar-refractivity contribution in [1.82, 2.24) is 0 Å². The third-order valence-corrected chi connectivity index (χ3v) is 4.39. The summed E-state index contributed by atoms with van der Waals surface area (Å²) in [7, 11) is 3.20. The van der Waals surface area contributed by atoms with E-state index in [9.17, 15) is 10.1 Å². The van der Waals surface area contributed by atoms with Gasteiger partial charge in [0.2, 0.25) is 12.8 Å². The first kappa shape index (κ1) is 17.8. The standard InChI is InChI=1S/C19H21NO6/c1-23-15-8-13(9-16(11-15)24-2)4-3-5-17(20(21)22)14-6-7-18-19(10-14)26-12-25-18/h6-11,17H,3-5,12H2,1-2H3. The molecular weight excluding hydrogens is 338 g/mol. The fourth-order valence-electron chi connectivity index (χ4n) is 3.02. The van der Waals surface area contributed by atoms with E-state index in [-0.39, 0.29) is 11.7 Å². The van der Waals surface area contributed by atoms with Crippen LogP contribution in [0.3, 0.4) is 0 Å². The summed E-state index contributed by atoms with van der Waals surface area (Å²) in [5.41, 5.74) is 1.65. The molecule has 0 saturated carbocycles. The number of hydrogen-bond acceptors (Lipinski definition) is 6. The fourth-order valence-corrected chi connectivity index (χ4v) is 3.02. The van der Waals surface area contributed by atoms with Crippen molar-refractivity contribution in [2.75, 3.05) is 21.0 Å². The number of hydrogen-bond donors (Lipinski definition) is 0. The minimum absolute atomic E-state index is 0.152. The second-order valence-corrected chi connectivity index (χ2v) is 6.03. The molecule has 0 fully saturated rings. The van der Waals surface area contributed by atoms with Gasteiger partial charge in [-0.3, -0.25) is 10.1 Å². The van der Waals surface area contributed by atoms with Gasteiger partial charge in [0, 0.05) is 23.0 Å². The summed E-state index contributed by atoms with van der Waals surface area (Å²) in [6.07, 6.45) is 1.78. The number of rotatable bonds is 8. The summed E-state index contributed by atoms with van der Waals surface area (Å²) in [5, 5.41) is 11.5. The summed E-state index contributed by atoms with van der Waals surface area (Å²) in [6.45, 7) is 0.152. The van der Waals surface area contributed by atoms with Crippen LogP contribution < -0.4 is 18.9 Å². The molecular formula is C19H21NO6. The first-order valence-electron chi connectivity index (χ1n) is 8.35. The minimum Gasteiger partial charge on any atom is -0.497 e. The van der Waals surface area contributed by atoms with Crippen LogP contribution in [0.4, 0.5) is 0 Å². The molecule has 1 aliphatic heterocycles. The van der Waals surface area contributed by atoms with Gasteiger partial charge >= 0.3 is 0 Å². The van der Waals surface area contributed by atoms with Crippen molar-refractivity contribution in [3.05, 3.63) is 57.6 Å². The molecule has 1 aliphatic rings. The Morgan fingerprint density at radius 2 is 1.77 bits per heavy atom. The molecule has 0 aromatic heterocycles. The molecule has 0 radical (unpaired) electrons. The van der Waals surface area contributed by atoms with E-state index in [1.165, 1.54) is 0 Å². The molecule has 0 spiro atoms. The van der Waals surface area contributed by atoms with E-state index in [0.717, 1.165) is 5.56 Å². The third kappa shape index (κ3) is 3.99. The van der Waals surface area contributed by atoms with Crippen LogP contribution in [-0.2, 0) is 6.42 Å². The normalized spacial score (nSPS) is 13.3. The molecule has 0 aliphatic carbocycles. The van der Waals surface area contributed by atoms with Crippen molar-refractivity contribution in [2.24, 2.45) is 0 Å². The van der Waals surface area contributed by atoms with Crippen molar-refractivity contribution >= 4 is 0 Å². The molecule has 2 aromatic carbocycles. The van der Waals surface area contributed by atoms with Gasteiger partial charge in [-0.05, 0) is 48.7 Å². The molecule has 1 unspecified atom stereocenters. The Labute approximate surface area is 151 Å². The molecule has 7 nitrogen and oxygen atoms in total. The molecule has 1 heterocycles. The maximum Gasteiger partial charge on any atom is 0.238 e. The topological polar surface area (TPSA) is 80.1 Å². The Kier molecular flexibility index (Phi) is 5.46. The first-order valence-corrected chi connectivity index (χ1v) is 8.35. The lowest BCUT2D eigenvalue weighted by Crippen LogP contribution is -2.11. The Morgan fingerprint density at radius 1 is 1.08 bits per heavy atom. The number of nitro groups is 1. The molecule has 0 amide bonds. The summed E-state index contributed by atoms with van der Waals surface area (Å²) in [6, 6.07) is 10.0. The van der Waals surface area contributed by atoms with E-state index in [4.69, 9.17) is 18.9 Å². The molecule has 26 heavy (non-hydrogen) atoms. The number of aryl methyl sites for hydroxylation is 1. The van der Waals surface area contributed by atoms with Crippen LogP contribution in [0.2, 0.25) is 0 Å². The third-order valence-electron chi connectivity index (χ3n) is 4.39. The molecule has 0 saturated heterocycles. The van der Waals surface area contributed by atoms with Gasteiger partial charge in [-0.1, -0.05) is 0 Å². The van der Waals surface area contributed by atoms with Gasteiger partial charge in [0.1, 0.15) is 11.5 Å². The number of methoxy groups -OCH3 is 2. The molecule has 1 atom stereocenters. The highest BCUT2D eigenvalue weighted by Gasteiger charge is 2.25. The van der Waals surface area contributed by atoms with E-state index in [1.807, 2.05) is 12.1 Å². The highest BCUT2D eigenvalue weighted by atomic mass is 16.7. The van der Waals surface area contributed by atoms with Crippen LogP contribution in [0, 0.1) is 10.1 Å². The van der Waals surface area contributed by atoms with E-state index in [1.54, 1.807) is 38.5 Å². The summed E-state index contributed by atoms with van der Waals surface area (Å²) < 4.78 is 21.1. The average molecular weight is 359 g/mol. The van der Waals surface area contributed by atoms with Gasteiger partial charge in [0.15, 0.2) is 11.5 Å². The Balaban J connectivity index is 1.67. The quantitative estimate of drug-likeness (QED) is 0.527. The molecule has 138 valence electrons. The lowest BCUT2D eigenvalue weighted by Gasteiger charge is -2.12. The van der Waals surface area contributed by atoms with Crippen molar-refractivity contribution in [3.8, 4) is 23.0 Å². The summed E-state index contributed by atoms with van der Waals surface area (Å²) in [5.74, 6) is 2.60. The Bertz CT molecular complexity index is 769. The predicted molar refractivity (Wildman–Crippen MR) is 94.8 cm³/mol. The van der Waals surface area contributed by atoms with Crippen LogP contribution in [-0.4, -0.2) is 25.9 Å². The number of fused-ring (bicyclic) bond motifs is 1. The Morgan fingerprint density at radius 3 is 2.42 bits per heavy atom. The monoisotopic (exact) mass is 359 g/mol. The molecule has 0 bridgehead atoms. The molecule has 3 rings (SSSR count). The van der Waals surface area contributed by atoms with E-state index < -0.39 is 6.04 Å². The van der Waals surface area contributed by atoms with Gasteiger partial charge in [0.25, 0.3) is 0 Å². The van der Waals surface area contributed by atoms with E-state index >= 15 is 0 Å². The van der Waals surface area contributed by atoms with E-state index in [0.29, 0.717) is 47.8 Å². The van der Waals surface area contributed by atoms with Gasteiger partial charge in [-0.2, -0.15) is 0 Å². The van der Waals surface area contributed by atoms with Crippen molar-refractivity contribution in [1.29, 1.82) is 0 Å². The SMILES string of the molecule is COc1cc(CCCC(c2ccc3c(c2)OCO3)[N+](=O)[O-])cc(OC)c1. The van der Waals surface area contributed by atoms with Crippen LogP contribution in [0.15, 0.2) is 36.4 Å². The predicted octanol–water partition coefficient (Wildman–Crippen LogP) is 3.77. The zero-order valence-electron chi connectivity index (χ0n) is 14.8. The molecule has 7 heteroatoms. The van der Waals surface area contributed by atoms with Crippen LogP contribution in [0.5, 0.6) is 23.0 Å². The number of nitrogens with zero attached hydrogens (tertiary/aromatic N) is 1. The van der Waals surface area contributed by atoms with Gasteiger partial charge in [-0.15, -0.1) is 0 Å². The number of ether oxygens (including phenoxy) is 4. The summed E-state index contributed by atoms with van der Waals surface area (Å²) >= 11 is 0. The maximum absolute atomic E-state index is 11.5. The second-order valence-electron chi connectivity index (χ2n) is 6.03. The molecule has 2 aromatic rings. The Hall–Kier alpha value is -2.96. The lowest BCUT2D eigenvalue weighted by atomic mass is 9.99. The smallest absolute Gasteiger partial charge is 0.238 e. The average Bonchev–Trinajstić information content (AvgIpc) is 3.12. The summed E-state index contributed by atoms with van der Waals surface area (Å²) in [4.78, 5) is 11.3. The van der Waals surface area contributed by atoms with Crippen molar-refractivity contribution in [3.63, 3.8) is 0 Å². The first-order chi connectivity index (χ1) is 12.6. The lowest BCUT2D eigenvalue weighted by molar-refractivity contribution is -0.530. The van der Waals surface area contributed by atoms with Crippen LogP contribution >= 0.6 is 0 Å². The van der Waals surface area contributed by atoms with Gasteiger partial charge < -0.3 is 18.9 Å². The zero-order valence-corrected chi connectivity index (χ0v) is 14.8. The van der Waals surface area contributed by atoms with Gasteiger partial charge in [0.05, 0.1) is 14.2 Å². The fraction of sp³-hybridized carbons (Fsp3) is 0.368. The van der Waals surface area contributed by atoms with Gasteiger partial charge in [-0.25, -0.2) is 0 Å². The molecule has 0 N–H and O–H groups in total. The van der Waals surface area contributed by atoms with E-state index in [2.05, 4.69) is 0 Å². The highest BCUT2D eigenvalue weighted by Crippen LogP contribution is 2.36.